The molecule has 1 unspecified atom stereocenters. The molecule has 3 aliphatic rings. The van der Waals surface area contributed by atoms with Gasteiger partial charge in [0.05, 0.1) is 23.8 Å². The second-order valence-electron chi connectivity index (χ2n) is 9.85. The van der Waals surface area contributed by atoms with E-state index < -0.39 is 23.5 Å². The second-order valence-corrected chi connectivity index (χ2v) is 9.85. The van der Waals surface area contributed by atoms with Gasteiger partial charge in [-0.3, -0.25) is 14.5 Å². The van der Waals surface area contributed by atoms with E-state index in [9.17, 15) is 14.7 Å². The Balaban J connectivity index is 1.48. The Morgan fingerprint density at radius 2 is 1.66 bits per heavy atom. The van der Waals surface area contributed by atoms with Crippen molar-refractivity contribution in [2.24, 2.45) is 0 Å². The summed E-state index contributed by atoms with van der Waals surface area (Å²) in [6.45, 7) is 3.16. The first-order chi connectivity index (χ1) is 18.4. The zero-order valence-electron chi connectivity index (χ0n) is 21.1. The number of Topliss-reactive ketones (excluding diaryl/α,β-unsaturated/α-hetero) is 1. The van der Waals surface area contributed by atoms with Crippen molar-refractivity contribution in [3.8, 4) is 5.75 Å². The first kappa shape index (κ1) is 24.0. The summed E-state index contributed by atoms with van der Waals surface area (Å²) in [5.74, 6) is -1.93. The van der Waals surface area contributed by atoms with Crippen LogP contribution in [-0.2, 0) is 9.59 Å². The standard InChI is InChI=1S/C30H28FN3O4/c1-32-16-17-38-25-13-8-19(18-24(25)32)28(35)26-27(22-6-2-3-7-23(22)31)34(30(37)29(26)36)21-11-9-20(10-12-21)33-14-4-5-15-33/h2-3,6-13,18,27,35H,4-5,14-17H2,1H3/b28-26+. The van der Waals surface area contributed by atoms with Crippen LogP contribution in [-0.4, -0.2) is 50.1 Å². The van der Waals surface area contributed by atoms with E-state index in [4.69, 9.17) is 4.74 Å². The molecule has 2 saturated heterocycles. The molecule has 1 amide bonds. The third-order valence-corrected chi connectivity index (χ3v) is 7.57. The number of hydrogen-bond donors (Lipinski definition) is 1. The van der Waals surface area contributed by atoms with Gasteiger partial charge in [-0.1, -0.05) is 18.2 Å². The Morgan fingerprint density at radius 3 is 2.39 bits per heavy atom. The number of halogens is 1. The molecule has 38 heavy (non-hydrogen) atoms. The average Bonchev–Trinajstić information content (AvgIpc) is 3.56. The number of benzene rings is 3. The van der Waals surface area contributed by atoms with Crippen molar-refractivity contribution in [2.45, 2.75) is 18.9 Å². The lowest BCUT2D eigenvalue weighted by Crippen LogP contribution is -2.30. The van der Waals surface area contributed by atoms with Crippen LogP contribution in [0.5, 0.6) is 5.75 Å². The summed E-state index contributed by atoms with van der Waals surface area (Å²) >= 11 is 0. The molecule has 194 valence electrons. The Kier molecular flexibility index (Phi) is 6.02. The minimum atomic E-state index is -1.13. The summed E-state index contributed by atoms with van der Waals surface area (Å²) < 4.78 is 20.9. The number of carbonyl (C=O) groups excluding carboxylic acids is 2. The van der Waals surface area contributed by atoms with Gasteiger partial charge in [-0.15, -0.1) is 0 Å². The predicted molar refractivity (Wildman–Crippen MR) is 144 cm³/mol. The van der Waals surface area contributed by atoms with Crippen molar-refractivity contribution in [2.75, 3.05) is 48.0 Å². The fourth-order valence-electron chi connectivity index (χ4n) is 5.54. The van der Waals surface area contributed by atoms with Crippen molar-refractivity contribution in [3.05, 3.63) is 89.2 Å². The Labute approximate surface area is 220 Å². The quantitative estimate of drug-likeness (QED) is 0.305. The molecule has 0 aliphatic carbocycles. The van der Waals surface area contributed by atoms with Crippen molar-refractivity contribution in [3.63, 3.8) is 0 Å². The molecule has 2 fully saturated rings. The number of anilines is 3. The highest BCUT2D eigenvalue weighted by molar-refractivity contribution is 6.51. The highest BCUT2D eigenvalue weighted by atomic mass is 19.1. The maximum Gasteiger partial charge on any atom is 0.300 e. The predicted octanol–water partition coefficient (Wildman–Crippen LogP) is 4.88. The number of rotatable bonds is 4. The lowest BCUT2D eigenvalue weighted by Gasteiger charge is -2.28. The lowest BCUT2D eigenvalue weighted by atomic mass is 9.94. The van der Waals surface area contributed by atoms with Gasteiger partial charge in [-0.05, 0) is 61.4 Å². The number of ketones is 1. The number of aliphatic hydroxyl groups is 1. The van der Waals surface area contributed by atoms with Crippen LogP contribution in [0, 0.1) is 5.82 Å². The van der Waals surface area contributed by atoms with E-state index >= 15 is 4.39 Å². The number of ether oxygens (including phenoxy) is 1. The summed E-state index contributed by atoms with van der Waals surface area (Å²) in [5.41, 5.74) is 2.59. The Morgan fingerprint density at radius 1 is 0.947 bits per heavy atom. The van der Waals surface area contributed by atoms with Crippen LogP contribution >= 0.6 is 0 Å². The van der Waals surface area contributed by atoms with Crippen molar-refractivity contribution in [1.29, 1.82) is 0 Å². The number of carbonyl (C=O) groups is 2. The fraction of sp³-hybridized carbons (Fsp3) is 0.267. The molecule has 0 saturated carbocycles. The number of nitrogens with zero attached hydrogens (tertiary/aromatic N) is 3. The van der Waals surface area contributed by atoms with Gasteiger partial charge in [0.25, 0.3) is 11.7 Å². The van der Waals surface area contributed by atoms with E-state index in [1.807, 2.05) is 24.1 Å². The van der Waals surface area contributed by atoms with Gasteiger partial charge >= 0.3 is 0 Å². The van der Waals surface area contributed by atoms with Gasteiger partial charge in [0.2, 0.25) is 0 Å². The molecule has 3 aliphatic heterocycles. The number of fused-ring (bicyclic) bond motifs is 1. The molecular weight excluding hydrogens is 485 g/mol. The molecule has 3 aromatic carbocycles. The zero-order valence-corrected chi connectivity index (χ0v) is 21.1. The molecule has 8 heteroatoms. The monoisotopic (exact) mass is 513 g/mol. The molecular formula is C30H28FN3O4. The van der Waals surface area contributed by atoms with E-state index in [1.165, 1.54) is 11.0 Å². The van der Waals surface area contributed by atoms with Gasteiger partial charge in [-0.25, -0.2) is 4.39 Å². The normalized spacial score (nSPS) is 20.6. The largest absolute Gasteiger partial charge is 0.507 e. The number of amides is 1. The van der Waals surface area contributed by atoms with Gasteiger partial charge in [0.15, 0.2) is 0 Å². The second kappa shape index (κ2) is 9.52. The number of hydrogen-bond acceptors (Lipinski definition) is 6. The summed E-state index contributed by atoms with van der Waals surface area (Å²) in [5, 5.41) is 11.5. The molecule has 3 aromatic rings. The topological polar surface area (TPSA) is 73.3 Å². The van der Waals surface area contributed by atoms with E-state index in [1.54, 1.807) is 48.5 Å². The smallest absolute Gasteiger partial charge is 0.300 e. The van der Waals surface area contributed by atoms with Crippen LogP contribution in [0.4, 0.5) is 21.5 Å². The summed E-state index contributed by atoms with van der Waals surface area (Å²) in [4.78, 5) is 32.4. The lowest BCUT2D eigenvalue weighted by molar-refractivity contribution is -0.132. The molecule has 7 nitrogen and oxygen atoms in total. The highest BCUT2D eigenvalue weighted by Gasteiger charge is 2.48. The molecule has 1 atom stereocenters. The zero-order chi connectivity index (χ0) is 26.4. The molecule has 1 N–H and O–H groups in total. The van der Waals surface area contributed by atoms with Crippen LogP contribution in [0.3, 0.4) is 0 Å². The first-order valence-corrected chi connectivity index (χ1v) is 12.8. The average molecular weight is 514 g/mol. The number of likely N-dealkylation sites (N-methyl/N-ethyl adjacent to an activating group) is 1. The van der Waals surface area contributed by atoms with Crippen LogP contribution in [0.1, 0.15) is 30.0 Å². The van der Waals surface area contributed by atoms with Gasteiger partial charge in [0.1, 0.15) is 23.9 Å². The van der Waals surface area contributed by atoms with Crippen LogP contribution in [0.2, 0.25) is 0 Å². The summed E-state index contributed by atoms with van der Waals surface area (Å²) in [6, 6.07) is 17.4. The van der Waals surface area contributed by atoms with Crippen LogP contribution in [0.15, 0.2) is 72.3 Å². The third kappa shape index (κ3) is 3.97. The highest BCUT2D eigenvalue weighted by Crippen LogP contribution is 2.44. The van der Waals surface area contributed by atoms with E-state index in [2.05, 4.69) is 4.90 Å². The molecule has 0 bridgehead atoms. The molecule has 0 aromatic heterocycles. The van der Waals surface area contributed by atoms with Crippen LogP contribution < -0.4 is 19.4 Å². The van der Waals surface area contributed by atoms with Crippen LogP contribution in [0.25, 0.3) is 5.76 Å². The molecule has 0 spiro atoms. The minimum absolute atomic E-state index is 0.135. The van der Waals surface area contributed by atoms with E-state index in [0.29, 0.717) is 30.2 Å². The first-order valence-electron chi connectivity index (χ1n) is 12.8. The van der Waals surface area contributed by atoms with Crippen molar-refractivity contribution in [1.82, 2.24) is 0 Å². The summed E-state index contributed by atoms with van der Waals surface area (Å²) in [7, 11) is 1.91. The third-order valence-electron chi connectivity index (χ3n) is 7.57. The maximum atomic E-state index is 15.2. The van der Waals surface area contributed by atoms with E-state index in [0.717, 1.165) is 37.3 Å². The Hall–Kier alpha value is -4.33. The van der Waals surface area contributed by atoms with Gasteiger partial charge in [0, 0.05) is 42.6 Å². The van der Waals surface area contributed by atoms with Gasteiger partial charge < -0.3 is 19.6 Å². The minimum Gasteiger partial charge on any atom is -0.507 e. The van der Waals surface area contributed by atoms with Crippen molar-refractivity contribution < 1.29 is 23.8 Å². The maximum absolute atomic E-state index is 15.2. The summed E-state index contributed by atoms with van der Waals surface area (Å²) in [6.07, 6.45) is 2.27. The molecule has 6 rings (SSSR count). The van der Waals surface area contributed by atoms with Crippen molar-refractivity contribution >= 4 is 34.5 Å². The molecule has 3 heterocycles. The Bertz CT molecular complexity index is 1450. The SMILES string of the molecule is CN1CCOc2ccc(/C(O)=C3\C(=O)C(=O)N(c4ccc(N5CCCC5)cc4)C3c3ccccc3F)cc21. The number of aliphatic hydroxyl groups excluding tert-OH is 1. The molecule has 0 radical (unpaired) electrons. The van der Waals surface area contributed by atoms with E-state index in [-0.39, 0.29) is 16.9 Å². The fourth-order valence-corrected chi connectivity index (χ4v) is 5.54. The van der Waals surface area contributed by atoms with Gasteiger partial charge in [-0.2, -0.15) is 0 Å².